The second-order valence-corrected chi connectivity index (χ2v) is 11.5. The monoisotopic (exact) mass is 684 g/mol. The third-order valence-corrected chi connectivity index (χ3v) is 7.16. The Morgan fingerprint density at radius 3 is 0.889 bits per heavy atom. The molecule has 0 aliphatic rings. The predicted molar refractivity (Wildman–Crippen MR) is 123 cm³/mol. The van der Waals surface area contributed by atoms with Gasteiger partial charge in [0.05, 0.1) is 0 Å². The van der Waals surface area contributed by atoms with Gasteiger partial charge in [0.2, 0.25) is 0 Å². The number of rotatable bonds is 7. The van der Waals surface area contributed by atoms with Crippen LogP contribution in [0.2, 0.25) is 0 Å². The first-order chi connectivity index (χ1) is 11.2. The minimum absolute atomic E-state index is 0. The first-order valence-electron chi connectivity index (χ1n) is 6.93. The molecule has 0 saturated heterocycles. The molecule has 22 heteroatoms. The van der Waals surface area contributed by atoms with Crippen LogP contribution in [0.4, 0.5) is 11.4 Å². The van der Waals surface area contributed by atoms with E-state index in [4.69, 9.17) is 8.19 Å². The molecule has 0 radical (unpaired) electrons. The first-order valence-corrected chi connectivity index (χ1v) is 13.5. The van der Waals surface area contributed by atoms with Gasteiger partial charge in [0, 0.05) is 0 Å². The van der Waals surface area contributed by atoms with Gasteiger partial charge in [0.25, 0.3) is 0 Å². The van der Waals surface area contributed by atoms with Crippen LogP contribution >= 0.6 is 0 Å². The zero-order valence-electron chi connectivity index (χ0n) is 19.5. The van der Waals surface area contributed by atoms with Crippen LogP contribution in [-0.2, 0) is 7.48 Å². The summed E-state index contributed by atoms with van der Waals surface area (Å²) >= 11 is -10.2. The fourth-order valence-corrected chi connectivity index (χ4v) is 4.16. The van der Waals surface area contributed by atoms with E-state index in [1.165, 1.54) is 24.3 Å². The maximum Gasteiger partial charge on any atom is 1.00 e. The van der Waals surface area contributed by atoms with Gasteiger partial charge in [0.15, 0.2) is 0 Å². The van der Waals surface area contributed by atoms with Crippen LogP contribution in [0.15, 0.2) is 48.5 Å². The average Bonchev–Trinajstić information content (AvgIpc) is 2.51. The van der Waals surface area contributed by atoms with Crippen LogP contribution < -0.4 is 86.6 Å². The van der Waals surface area contributed by atoms with E-state index in [-0.39, 0.29) is 123 Å². The molecule has 2 aromatic carbocycles. The van der Waals surface area contributed by atoms with E-state index in [0.29, 0.717) is 24.5 Å². The van der Waals surface area contributed by atoms with E-state index in [0.717, 1.165) is 0 Å². The van der Waals surface area contributed by atoms with E-state index in [9.17, 15) is 15.7 Å². The molecule has 0 heterocycles. The Morgan fingerprint density at radius 1 is 0.528 bits per heavy atom. The van der Waals surface area contributed by atoms with Gasteiger partial charge < -0.3 is 54.8 Å². The Hall–Kier alpha value is 0.197. The number of anilines is 2. The maximum absolute atomic E-state index is 11.0. The van der Waals surface area contributed by atoms with Gasteiger partial charge in [-0.1, -0.05) is 0 Å². The Kier molecular flexibility index (Phi) is 61.6. The standard InChI is InChI=1S/C14H18As2N2O6.2Na.10H2O/c19-15(20,21)11-1-5-13(6-2-11)17-9-10-18-14-7-3-12(4-8-14)16(22,23)24;;;;;;;;;;;;/h1-8,17-18H,9-10H2,(H2,19,20,21)(H2,22,23,24);;;10*1H2/q;2*+1;;;;;;;;;;/p-2. The summed E-state index contributed by atoms with van der Waals surface area (Å²) in [6, 6.07) is 11.6. The third-order valence-electron chi connectivity index (χ3n) is 3.17. The first kappa shape index (κ1) is 70.6. The van der Waals surface area contributed by atoms with E-state index in [1.54, 1.807) is 24.3 Å². The van der Waals surface area contributed by atoms with E-state index in [1.807, 2.05) is 0 Å². The van der Waals surface area contributed by atoms with Crippen molar-refractivity contribution < 1.29 is 138 Å². The molecular formula is C14H36As2N2Na2O16. The van der Waals surface area contributed by atoms with Crippen LogP contribution in [0.25, 0.3) is 0 Å². The van der Waals surface area contributed by atoms with Gasteiger partial charge in [-0.25, -0.2) is 0 Å². The second-order valence-electron chi connectivity index (χ2n) is 4.99. The SMILES string of the molecule is O.O.O.O.O.O.O.O.O.O.O=[As]([O-])(O)c1ccc(NCCNc2ccc([As](=O)([O-])O)cc2)cc1.[Na+].[Na+]. The Labute approximate surface area is 256 Å². The van der Waals surface area contributed by atoms with Crippen LogP contribution in [0, 0.1) is 0 Å². The van der Waals surface area contributed by atoms with Gasteiger partial charge in [-0.2, -0.15) is 0 Å². The quantitative estimate of drug-likeness (QED) is 0.160. The zero-order chi connectivity index (χ0) is 17.8. The van der Waals surface area contributed by atoms with Crippen LogP contribution in [0.1, 0.15) is 0 Å². The molecule has 0 fully saturated rings. The number of nitrogens with one attached hydrogen (secondary N) is 2. The summed E-state index contributed by atoms with van der Waals surface area (Å²) in [5.41, 5.74) is 1.41. The largest absolute Gasteiger partial charge is 1.00 e. The summed E-state index contributed by atoms with van der Waals surface area (Å²) in [5, 5.41) is 6.14. The van der Waals surface area contributed by atoms with Crippen molar-refractivity contribution in [2.75, 3.05) is 23.7 Å². The minimum Gasteiger partial charge on any atom is 1.00 e. The van der Waals surface area contributed by atoms with Crippen molar-refractivity contribution in [3.05, 3.63) is 48.5 Å². The summed E-state index contributed by atoms with van der Waals surface area (Å²) in [5.74, 6) is 0. The molecule has 0 bridgehead atoms. The van der Waals surface area contributed by atoms with Gasteiger partial charge in [-0.3, -0.25) is 0 Å². The molecule has 2 atom stereocenters. The van der Waals surface area contributed by atoms with Gasteiger partial charge in [0.1, 0.15) is 0 Å². The zero-order valence-corrected chi connectivity index (χ0v) is 27.2. The smallest absolute Gasteiger partial charge is 1.00 e. The van der Waals surface area contributed by atoms with Crippen molar-refractivity contribution >= 4 is 48.4 Å². The normalized spacial score (nSPS) is 10.7. The summed E-state index contributed by atoms with van der Waals surface area (Å²) in [7, 11) is 0. The molecule has 0 amide bonds. The molecule has 2 aromatic rings. The summed E-state index contributed by atoms with van der Waals surface area (Å²) in [6.07, 6.45) is 0. The third kappa shape index (κ3) is 24.5. The average molecular weight is 684 g/mol. The molecular weight excluding hydrogens is 648 g/mol. The molecule has 24 N–H and O–H groups in total. The Morgan fingerprint density at radius 2 is 0.722 bits per heavy atom. The molecule has 0 spiro atoms. The van der Waals surface area contributed by atoms with Crippen molar-refractivity contribution in [3.63, 3.8) is 0 Å². The van der Waals surface area contributed by atoms with Crippen LogP contribution in [0.5, 0.6) is 0 Å². The Bertz CT molecular complexity index is 725. The van der Waals surface area contributed by atoms with Crippen LogP contribution in [-0.4, -0.2) is 104 Å². The molecule has 18 nitrogen and oxygen atoms in total. The number of benzene rings is 2. The van der Waals surface area contributed by atoms with E-state index in [2.05, 4.69) is 10.6 Å². The van der Waals surface area contributed by atoms with E-state index >= 15 is 0 Å². The van der Waals surface area contributed by atoms with Gasteiger partial charge in [-0.15, -0.1) is 0 Å². The predicted octanol–water partition coefficient (Wildman–Crippen LogP) is -17.2. The van der Waals surface area contributed by atoms with Crippen molar-refractivity contribution in [2.45, 2.75) is 0 Å². The van der Waals surface area contributed by atoms with Crippen molar-refractivity contribution in [1.29, 1.82) is 0 Å². The fraction of sp³-hybridized carbons (Fsp3) is 0.143. The summed E-state index contributed by atoms with van der Waals surface area (Å²) < 4.78 is 61.8. The maximum atomic E-state index is 11.0. The summed E-state index contributed by atoms with van der Waals surface area (Å²) in [6.45, 7) is 1.06. The molecule has 2 unspecified atom stereocenters. The van der Waals surface area contributed by atoms with Crippen molar-refractivity contribution in [1.82, 2.24) is 0 Å². The molecule has 0 aliphatic carbocycles. The molecule has 0 saturated carbocycles. The van der Waals surface area contributed by atoms with Gasteiger partial charge in [-0.05, 0) is 0 Å². The topological polar surface area (TPSA) is 460 Å². The molecule has 0 aliphatic heterocycles. The minimum atomic E-state index is -5.09. The molecule has 210 valence electrons. The molecule has 36 heavy (non-hydrogen) atoms. The Balaban J connectivity index is -0.0000000579. The van der Waals surface area contributed by atoms with Crippen molar-refractivity contribution in [2.24, 2.45) is 0 Å². The van der Waals surface area contributed by atoms with Gasteiger partial charge >= 0.3 is 204 Å². The van der Waals surface area contributed by atoms with Crippen molar-refractivity contribution in [3.8, 4) is 0 Å². The second kappa shape index (κ2) is 31.4. The van der Waals surface area contributed by atoms with Crippen LogP contribution in [0.3, 0.4) is 0 Å². The summed E-state index contributed by atoms with van der Waals surface area (Å²) in [4.78, 5) is 0. The molecule has 2 rings (SSSR count). The fourth-order valence-electron chi connectivity index (χ4n) is 1.95. The number of hydrogen-bond donors (Lipinski definition) is 4. The van der Waals surface area contributed by atoms with E-state index < -0.39 is 28.3 Å². The molecule has 0 aromatic heterocycles. The number of hydrogen-bond acceptors (Lipinski definition) is 6.